The van der Waals surface area contributed by atoms with Crippen molar-refractivity contribution < 1.29 is 18.3 Å². The summed E-state index contributed by atoms with van der Waals surface area (Å²) in [6, 6.07) is 5.03. The van der Waals surface area contributed by atoms with E-state index >= 15 is 0 Å². The summed E-state index contributed by atoms with van der Waals surface area (Å²) in [6.45, 7) is 0.328. The Kier molecular flexibility index (Phi) is 4.44. The van der Waals surface area contributed by atoms with Crippen LogP contribution < -0.4 is 5.32 Å². The Balaban J connectivity index is 1.45. The molecule has 3 aromatic rings. The smallest absolute Gasteiger partial charge is 0.262 e. The highest BCUT2D eigenvalue weighted by molar-refractivity contribution is 5.92. The van der Waals surface area contributed by atoms with Crippen LogP contribution in [0.25, 0.3) is 22.2 Å². The lowest BCUT2D eigenvalue weighted by Gasteiger charge is -2.41. The van der Waals surface area contributed by atoms with Crippen LogP contribution >= 0.6 is 0 Å². The first-order valence-electron chi connectivity index (χ1n) is 11.3. The molecule has 0 unspecified atom stereocenters. The predicted octanol–water partition coefficient (Wildman–Crippen LogP) is 5.10. The number of rotatable bonds is 3. The topological polar surface area (TPSA) is 74.4 Å². The molecule has 2 aromatic heterocycles. The molecule has 6 nitrogen and oxygen atoms in total. The fourth-order valence-corrected chi connectivity index (χ4v) is 6.10. The minimum Gasteiger partial charge on any atom is -0.506 e. The average molecular weight is 440 g/mol. The second-order valence-electron chi connectivity index (χ2n) is 9.67. The van der Waals surface area contributed by atoms with Gasteiger partial charge in [0.25, 0.3) is 5.92 Å². The number of likely N-dealkylation sites (tertiary alicyclic amines) is 1. The van der Waals surface area contributed by atoms with Crippen LogP contribution in [-0.4, -0.2) is 52.3 Å². The van der Waals surface area contributed by atoms with Crippen molar-refractivity contribution in [2.45, 2.75) is 55.9 Å². The molecule has 1 saturated heterocycles. The number of likely N-dealkylation sites (N-methyl/N-ethyl adjacent to an activating group) is 1. The number of hydrogen-bond acceptors (Lipinski definition) is 6. The molecule has 3 aliphatic carbocycles. The Morgan fingerprint density at radius 3 is 2.59 bits per heavy atom. The van der Waals surface area contributed by atoms with Gasteiger partial charge in [-0.3, -0.25) is 4.90 Å². The number of aromatic nitrogens is 2. The van der Waals surface area contributed by atoms with Gasteiger partial charge < -0.3 is 14.8 Å². The van der Waals surface area contributed by atoms with Crippen molar-refractivity contribution in [3.8, 4) is 17.0 Å². The third-order valence-corrected chi connectivity index (χ3v) is 7.38. The molecule has 2 N–H and O–H groups in total. The monoisotopic (exact) mass is 440 g/mol. The standard InChI is InChI=1S/C24H26F2N4O2/c1-30-11-15(10-24(25,26)12-30)27-23-20-14-4-2-13(3-5-14)19(20)21(28-29-23)17-6-7-18-16(22(17)31)8-9-32-18/h6-9,13-15,31H,2-5,10-12H2,1H3,(H,27,29)/t13?,14?,15-/m1/s1. The molecule has 1 atom stereocenters. The first-order valence-corrected chi connectivity index (χ1v) is 11.3. The molecule has 4 aliphatic rings. The molecule has 168 valence electrons. The number of fused-ring (bicyclic) bond motifs is 3. The van der Waals surface area contributed by atoms with Crippen molar-refractivity contribution in [1.29, 1.82) is 0 Å². The Morgan fingerprint density at radius 2 is 1.84 bits per heavy atom. The number of aromatic hydroxyl groups is 1. The normalized spacial score (nSPS) is 26.9. The minimum absolute atomic E-state index is 0.142. The molecular formula is C24H26F2N4O2. The minimum atomic E-state index is -2.72. The number of hydrogen-bond donors (Lipinski definition) is 2. The van der Waals surface area contributed by atoms with E-state index in [1.54, 1.807) is 24.3 Å². The van der Waals surface area contributed by atoms with Gasteiger partial charge in [0.05, 0.1) is 18.2 Å². The molecule has 2 fully saturated rings. The van der Waals surface area contributed by atoms with Crippen LogP contribution in [0, 0.1) is 0 Å². The highest BCUT2D eigenvalue weighted by Gasteiger charge is 2.42. The molecule has 32 heavy (non-hydrogen) atoms. The Hall–Kier alpha value is -2.74. The first-order chi connectivity index (χ1) is 15.4. The number of piperidine rings is 1. The number of nitrogens with zero attached hydrogens (tertiary/aromatic N) is 3. The van der Waals surface area contributed by atoms with Crippen molar-refractivity contribution >= 4 is 16.8 Å². The van der Waals surface area contributed by atoms with E-state index < -0.39 is 5.92 Å². The van der Waals surface area contributed by atoms with Crippen LogP contribution in [0.3, 0.4) is 0 Å². The zero-order valence-corrected chi connectivity index (χ0v) is 17.9. The van der Waals surface area contributed by atoms with Crippen molar-refractivity contribution in [2.75, 3.05) is 25.5 Å². The average Bonchev–Trinajstić information content (AvgIpc) is 3.24. The summed E-state index contributed by atoms with van der Waals surface area (Å²) < 4.78 is 33.8. The van der Waals surface area contributed by atoms with E-state index in [-0.39, 0.29) is 24.8 Å². The second kappa shape index (κ2) is 7.13. The van der Waals surface area contributed by atoms with Gasteiger partial charge in [-0.05, 0) is 68.3 Å². The SMILES string of the molecule is CN1C[C@H](Nc2nnc(-c3ccc4occc4c3O)c3c2C2CCC3CC2)CC(F)(F)C1. The number of halogens is 2. The largest absolute Gasteiger partial charge is 0.506 e. The number of benzene rings is 1. The Morgan fingerprint density at radius 1 is 1.09 bits per heavy atom. The number of phenolic OH excluding ortho intramolecular Hbond substituents is 1. The summed E-state index contributed by atoms with van der Waals surface area (Å²) in [6.07, 6.45) is 5.66. The molecular weight excluding hydrogens is 414 g/mol. The number of furan rings is 1. The molecule has 1 saturated carbocycles. The van der Waals surface area contributed by atoms with Gasteiger partial charge in [0, 0.05) is 30.1 Å². The lowest BCUT2D eigenvalue weighted by Crippen LogP contribution is -2.50. The van der Waals surface area contributed by atoms with Gasteiger partial charge in [-0.2, -0.15) is 0 Å². The van der Waals surface area contributed by atoms with Crippen LogP contribution in [0.1, 0.15) is 55.1 Å². The molecule has 0 amide bonds. The zero-order chi connectivity index (χ0) is 22.0. The third-order valence-electron chi connectivity index (χ3n) is 7.38. The van der Waals surface area contributed by atoms with Gasteiger partial charge in [0.15, 0.2) is 5.82 Å². The molecule has 2 bridgehead atoms. The van der Waals surface area contributed by atoms with E-state index in [1.165, 1.54) is 0 Å². The summed E-state index contributed by atoms with van der Waals surface area (Å²) in [5, 5.41) is 24.0. The molecule has 0 radical (unpaired) electrons. The quantitative estimate of drug-likeness (QED) is 0.590. The molecule has 8 heteroatoms. The molecule has 3 heterocycles. The highest BCUT2D eigenvalue weighted by Crippen LogP contribution is 2.54. The fourth-order valence-electron chi connectivity index (χ4n) is 6.10. The summed E-state index contributed by atoms with van der Waals surface area (Å²) >= 11 is 0. The van der Waals surface area contributed by atoms with E-state index in [0.29, 0.717) is 46.4 Å². The van der Waals surface area contributed by atoms with Crippen molar-refractivity contribution in [3.05, 3.63) is 35.6 Å². The third kappa shape index (κ3) is 3.15. The van der Waals surface area contributed by atoms with Crippen LogP contribution in [0.2, 0.25) is 0 Å². The summed E-state index contributed by atoms with van der Waals surface area (Å²) in [4.78, 5) is 1.67. The van der Waals surface area contributed by atoms with Crippen LogP contribution in [-0.2, 0) is 0 Å². The summed E-state index contributed by atoms with van der Waals surface area (Å²) in [7, 11) is 1.72. The Labute approximate surface area is 184 Å². The van der Waals surface area contributed by atoms with E-state index in [9.17, 15) is 13.9 Å². The van der Waals surface area contributed by atoms with Crippen molar-refractivity contribution in [3.63, 3.8) is 0 Å². The maximum Gasteiger partial charge on any atom is 0.262 e. The number of alkyl halides is 2. The molecule has 1 aliphatic heterocycles. The summed E-state index contributed by atoms with van der Waals surface area (Å²) in [5.41, 5.74) is 4.20. The lowest BCUT2D eigenvalue weighted by molar-refractivity contribution is -0.0611. The van der Waals surface area contributed by atoms with Gasteiger partial charge in [-0.1, -0.05) is 0 Å². The maximum absolute atomic E-state index is 14.2. The number of anilines is 1. The van der Waals surface area contributed by atoms with Gasteiger partial charge in [-0.25, -0.2) is 8.78 Å². The van der Waals surface area contributed by atoms with Gasteiger partial charge in [-0.15, -0.1) is 10.2 Å². The van der Waals surface area contributed by atoms with Crippen LogP contribution in [0.4, 0.5) is 14.6 Å². The van der Waals surface area contributed by atoms with Gasteiger partial charge in [0.2, 0.25) is 0 Å². The first kappa shape index (κ1) is 19.9. The van der Waals surface area contributed by atoms with Crippen molar-refractivity contribution in [1.82, 2.24) is 15.1 Å². The van der Waals surface area contributed by atoms with E-state index in [2.05, 4.69) is 15.5 Å². The Bertz CT molecular complexity index is 1190. The zero-order valence-electron chi connectivity index (χ0n) is 17.9. The summed E-state index contributed by atoms with van der Waals surface area (Å²) in [5.74, 6) is -1.26. The second-order valence-corrected chi connectivity index (χ2v) is 9.67. The fraction of sp³-hybridized carbons (Fsp3) is 0.500. The van der Waals surface area contributed by atoms with Crippen LogP contribution in [0.5, 0.6) is 5.75 Å². The number of phenols is 1. The highest BCUT2D eigenvalue weighted by atomic mass is 19.3. The van der Waals surface area contributed by atoms with Gasteiger partial charge in [0.1, 0.15) is 17.0 Å². The molecule has 1 aromatic carbocycles. The van der Waals surface area contributed by atoms with E-state index in [1.807, 2.05) is 12.1 Å². The van der Waals surface area contributed by atoms with Gasteiger partial charge >= 0.3 is 0 Å². The lowest BCUT2D eigenvalue weighted by atomic mass is 9.66. The van der Waals surface area contributed by atoms with Crippen molar-refractivity contribution in [2.24, 2.45) is 0 Å². The predicted molar refractivity (Wildman–Crippen MR) is 117 cm³/mol. The maximum atomic E-state index is 14.2. The van der Waals surface area contributed by atoms with E-state index in [0.717, 1.165) is 36.8 Å². The molecule has 7 rings (SSSR count). The van der Waals surface area contributed by atoms with Crippen LogP contribution in [0.15, 0.2) is 28.9 Å². The van der Waals surface area contributed by atoms with E-state index in [4.69, 9.17) is 4.42 Å². The molecule has 0 spiro atoms. The number of nitrogens with one attached hydrogen (secondary N) is 1.